The SMILES string of the molecule is COc1cccc(-c2nc(SCC(=O)Nc3ccccc3)c3c(=O)n(C)c(=O)n(C)c3n2)c1. The number of ether oxygens (including phenoxy) is 1. The first-order valence-corrected chi connectivity index (χ1v) is 11.0. The van der Waals surface area contributed by atoms with E-state index in [9.17, 15) is 14.4 Å². The van der Waals surface area contributed by atoms with E-state index in [1.807, 2.05) is 18.2 Å². The highest BCUT2D eigenvalue weighted by molar-refractivity contribution is 8.00. The van der Waals surface area contributed by atoms with E-state index in [-0.39, 0.29) is 22.7 Å². The van der Waals surface area contributed by atoms with Gasteiger partial charge in [0, 0.05) is 25.3 Å². The number of aryl methyl sites for hydroxylation is 1. The zero-order valence-corrected chi connectivity index (χ0v) is 19.0. The lowest BCUT2D eigenvalue weighted by Gasteiger charge is -2.12. The quantitative estimate of drug-likeness (QED) is 0.346. The fraction of sp³-hybridized carbons (Fsp3) is 0.174. The number of thioether (sulfide) groups is 1. The van der Waals surface area contributed by atoms with Gasteiger partial charge >= 0.3 is 5.69 Å². The van der Waals surface area contributed by atoms with Crippen molar-refractivity contribution < 1.29 is 9.53 Å². The summed E-state index contributed by atoms with van der Waals surface area (Å²) in [5, 5.41) is 3.31. The van der Waals surface area contributed by atoms with Gasteiger partial charge in [-0.2, -0.15) is 0 Å². The molecule has 2 aromatic carbocycles. The summed E-state index contributed by atoms with van der Waals surface area (Å²) in [7, 11) is 4.50. The zero-order chi connectivity index (χ0) is 23.5. The molecule has 0 aliphatic rings. The lowest BCUT2D eigenvalue weighted by Crippen LogP contribution is -2.37. The summed E-state index contributed by atoms with van der Waals surface area (Å²) in [4.78, 5) is 47.0. The molecule has 0 aliphatic heterocycles. The molecule has 4 rings (SSSR count). The Morgan fingerprint density at radius 3 is 2.52 bits per heavy atom. The van der Waals surface area contributed by atoms with Crippen molar-refractivity contribution in [3.05, 3.63) is 75.4 Å². The minimum absolute atomic E-state index is 0.0184. The maximum atomic E-state index is 12.9. The first kappa shape index (κ1) is 22.3. The van der Waals surface area contributed by atoms with Crippen molar-refractivity contribution in [1.29, 1.82) is 0 Å². The molecule has 0 unspecified atom stereocenters. The fourth-order valence-corrected chi connectivity index (χ4v) is 4.09. The fourth-order valence-electron chi connectivity index (χ4n) is 3.28. The molecule has 33 heavy (non-hydrogen) atoms. The Morgan fingerprint density at radius 2 is 1.79 bits per heavy atom. The molecule has 10 heteroatoms. The molecule has 1 N–H and O–H groups in total. The van der Waals surface area contributed by atoms with E-state index in [1.165, 1.54) is 11.6 Å². The monoisotopic (exact) mass is 463 g/mol. The van der Waals surface area contributed by atoms with Gasteiger partial charge in [0.2, 0.25) is 5.91 Å². The van der Waals surface area contributed by atoms with Crippen molar-refractivity contribution >= 4 is 34.4 Å². The molecule has 9 nitrogen and oxygen atoms in total. The number of benzene rings is 2. The Kier molecular flexibility index (Phi) is 6.27. The van der Waals surface area contributed by atoms with Crippen LogP contribution in [0.2, 0.25) is 0 Å². The molecule has 0 spiro atoms. The van der Waals surface area contributed by atoms with E-state index in [0.29, 0.717) is 27.9 Å². The summed E-state index contributed by atoms with van der Waals surface area (Å²) >= 11 is 1.11. The lowest BCUT2D eigenvalue weighted by molar-refractivity contribution is -0.113. The second kappa shape index (κ2) is 9.29. The minimum Gasteiger partial charge on any atom is -0.497 e. The van der Waals surface area contributed by atoms with Crippen LogP contribution in [0.1, 0.15) is 0 Å². The van der Waals surface area contributed by atoms with Crippen LogP contribution < -0.4 is 21.3 Å². The van der Waals surface area contributed by atoms with Crippen LogP contribution in [0, 0.1) is 0 Å². The van der Waals surface area contributed by atoms with Crippen LogP contribution in [0.3, 0.4) is 0 Å². The van der Waals surface area contributed by atoms with Crippen molar-refractivity contribution in [2.75, 3.05) is 18.2 Å². The van der Waals surface area contributed by atoms with Crippen LogP contribution in [-0.2, 0) is 18.9 Å². The molecule has 168 valence electrons. The largest absolute Gasteiger partial charge is 0.497 e. The number of nitrogens with zero attached hydrogens (tertiary/aromatic N) is 4. The van der Waals surface area contributed by atoms with Gasteiger partial charge < -0.3 is 10.1 Å². The standard InChI is InChI=1S/C23H21N5O4S/c1-27-20-18(22(30)28(2)23(27)31)21(33-13-17(29)24-15-9-5-4-6-10-15)26-19(25-20)14-8-7-11-16(12-14)32-3/h4-12H,13H2,1-3H3,(H,24,29). The lowest BCUT2D eigenvalue weighted by atomic mass is 10.2. The average Bonchev–Trinajstić information content (AvgIpc) is 2.85. The molecule has 2 aromatic heterocycles. The average molecular weight is 464 g/mol. The summed E-state index contributed by atoms with van der Waals surface area (Å²) in [6, 6.07) is 16.2. The van der Waals surface area contributed by atoms with Gasteiger partial charge in [-0.3, -0.25) is 18.7 Å². The Morgan fingerprint density at radius 1 is 1.03 bits per heavy atom. The van der Waals surface area contributed by atoms with E-state index in [1.54, 1.807) is 50.6 Å². The number of nitrogens with one attached hydrogen (secondary N) is 1. The number of hydrogen-bond donors (Lipinski definition) is 1. The van der Waals surface area contributed by atoms with E-state index in [0.717, 1.165) is 16.3 Å². The number of anilines is 1. The van der Waals surface area contributed by atoms with Crippen LogP contribution in [0.15, 0.2) is 69.2 Å². The van der Waals surface area contributed by atoms with Crippen molar-refractivity contribution in [2.45, 2.75) is 5.03 Å². The highest BCUT2D eigenvalue weighted by atomic mass is 32.2. The molecule has 0 radical (unpaired) electrons. The van der Waals surface area contributed by atoms with Gasteiger partial charge in [-0.15, -0.1) is 0 Å². The van der Waals surface area contributed by atoms with E-state index < -0.39 is 11.2 Å². The molecule has 0 atom stereocenters. The number of aromatic nitrogens is 4. The molecule has 0 bridgehead atoms. The van der Waals surface area contributed by atoms with Gasteiger partial charge in [-0.25, -0.2) is 14.8 Å². The molecule has 0 saturated heterocycles. The summed E-state index contributed by atoms with van der Waals surface area (Å²) in [6.07, 6.45) is 0. The van der Waals surface area contributed by atoms with Crippen LogP contribution in [0.5, 0.6) is 5.75 Å². The summed E-state index contributed by atoms with van der Waals surface area (Å²) in [6.45, 7) is 0. The Bertz CT molecular complexity index is 1460. The molecular formula is C23H21N5O4S. The number of amides is 1. The van der Waals surface area contributed by atoms with Gasteiger partial charge in [-0.1, -0.05) is 42.1 Å². The molecule has 0 saturated carbocycles. The normalized spacial score (nSPS) is 10.9. The minimum atomic E-state index is -0.517. The Balaban J connectivity index is 1.79. The smallest absolute Gasteiger partial charge is 0.332 e. The van der Waals surface area contributed by atoms with E-state index in [2.05, 4.69) is 15.3 Å². The third kappa shape index (κ3) is 4.51. The number of carbonyl (C=O) groups is 1. The van der Waals surface area contributed by atoms with Gasteiger partial charge in [0.25, 0.3) is 5.56 Å². The van der Waals surface area contributed by atoms with Crippen LogP contribution in [0.4, 0.5) is 5.69 Å². The number of methoxy groups -OCH3 is 1. The number of hydrogen-bond acceptors (Lipinski definition) is 7. The molecule has 2 heterocycles. The number of fused-ring (bicyclic) bond motifs is 1. The summed E-state index contributed by atoms with van der Waals surface area (Å²) in [5.74, 6) is 0.702. The van der Waals surface area contributed by atoms with Crippen molar-refractivity contribution in [2.24, 2.45) is 14.1 Å². The van der Waals surface area contributed by atoms with Crippen LogP contribution in [0.25, 0.3) is 22.4 Å². The number of carbonyl (C=O) groups excluding carboxylic acids is 1. The second-order valence-corrected chi connectivity index (χ2v) is 8.16. The van der Waals surface area contributed by atoms with Gasteiger partial charge in [0.05, 0.1) is 12.9 Å². The number of rotatable bonds is 6. The van der Waals surface area contributed by atoms with Crippen LogP contribution >= 0.6 is 11.8 Å². The van der Waals surface area contributed by atoms with Gasteiger partial charge in [0.1, 0.15) is 16.2 Å². The topological polar surface area (TPSA) is 108 Å². The first-order valence-electron chi connectivity index (χ1n) is 9.99. The zero-order valence-electron chi connectivity index (χ0n) is 18.2. The second-order valence-electron chi connectivity index (χ2n) is 7.19. The Labute approximate surface area is 193 Å². The molecular weight excluding hydrogens is 442 g/mol. The van der Waals surface area contributed by atoms with Crippen molar-refractivity contribution in [1.82, 2.24) is 19.1 Å². The maximum absolute atomic E-state index is 12.9. The highest BCUT2D eigenvalue weighted by Gasteiger charge is 2.19. The summed E-state index contributed by atoms with van der Waals surface area (Å²) in [5.41, 5.74) is 0.504. The highest BCUT2D eigenvalue weighted by Crippen LogP contribution is 2.27. The molecule has 4 aromatic rings. The molecule has 0 aliphatic carbocycles. The van der Waals surface area contributed by atoms with Crippen LogP contribution in [-0.4, -0.2) is 37.9 Å². The van der Waals surface area contributed by atoms with Gasteiger partial charge in [0.15, 0.2) is 11.5 Å². The molecule has 0 fully saturated rings. The molecule has 1 amide bonds. The van der Waals surface area contributed by atoms with Gasteiger partial charge in [-0.05, 0) is 24.3 Å². The van der Waals surface area contributed by atoms with Crippen molar-refractivity contribution in [3.63, 3.8) is 0 Å². The predicted molar refractivity (Wildman–Crippen MR) is 128 cm³/mol. The predicted octanol–water partition coefficient (Wildman–Crippen LogP) is 2.43. The maximum Gasteiger partial charge on any atom is 0.332 e. The Hall–Kier alpha value is -3.92. The summed E-state index contributed by atoms with van der Waals surface area (Å²) < 4.78 is 7.59. The van der Waals surface area contributed by atoms with E-state index >= 15 is 0 Å². The third-order valence-corrected chi connectivity index (χ3v) is 5.97. The third-order valence-electron chi connectivity index (χ3n) is 4.99. The number of para-hydroxylation sites is 1. The van der Waals surface area contributed by atoms with E-state index in [4.69, 9.17) is 4.74 Å². The van der Waals surface area contributed by atoms with Crippen molar-refractivity contribution in [3.8, 4) is 17.1 Å². The first-order chi connectivity index (χ1) is 15.9.